The molecule has 1 N–H and O–H groups in total. The van der Waals surface area contributed by atoms with Crippen LogP contribution in [-0.4, -0.2) is 80.1 Å². The summed E-state index contributed by atoms with van der Waals surface area (Å²) in [5.41, 5.74) is 0.927. The molecular formula is C22H23F5N8O. The smallest absolute Gasteiger partial charge is 0.280 e. The van der Waals surface area contributed by atoms with Crippen molar-refractivity contribution in [1.29, 1.82) is 0 Å². The van der Waals surface area contributed by atoms with Gasteiger partial charge in [0.1, 0.15) is 17.1 Å². The van der Waals surface area contributed by atoms with Crippen molar-refractivity contribution in [3.63, 3.8) is 0 Å². The van der Waals surface area contributed by atoms with Gasteiger partial charge in [0, 0.05) is 10.7 Å². The largest absolute Gasteiger partial charge is 0.479 e. The van der Waals surface area contributed by atoms with Gasteiger partial charge in [0.05, 0.1) is 37.0 Å². The number of aromatic nitrogens is 6. The average molecular weight is 513 g/mol. The van der Waals surface area contributed by atoms with Crippen molar-refractivity contribution < 1.29 is 30.8 Å². The van der Waals surface area contributed by atoms with E-state index < -0.39 is 43.8 Å². The lowest BCUT2D eigenvalue weighted by molar-refractivity contribution is -0.0675. The molecule has 2 atom stereocenters. The second-order valence-corrected chi connectivity index (χ2v) is 8.57. The Kier molecular flexibility index (Phi) is 5.06. The van der Waals surface area contributed by atoms with Gasteiger partial charge < -0.3 is 15.0 Å². The van der Waals surface area contributed by atoms with Crippen molar-refractivity contribution in [2.45, 2.75) is 37.8 Å². The molecule has 4 heterocycles. The number of hydrogen-bond acceptors (Lipinski definition) is 7. The quantitative estimate of drug-likeness (QED) is 0.392. The fourth-order valence-corrected chi connectivity index (χ4v) is 4.27. The highest BCUT2D eigenvalue weighted by molar-refractivity contribution is 5.89. The molecule has 0 bridgehead atoms. The van der Waals surface area contributed by atoms with Crippen molar-refractivity contribution in [3.05, 3.63) is 30.2 Å². The second-order valence-electron chi connectivity index (χ2n) is 8.57. The molecular weight excluding hydrogens is 487 g/mol. The zero-order valence-electron chi connectivity index (χ0n) is 22.1. The minimum Gasteiger partial charge on any atom is -0.479 e. The van der Waals surface area contributed by atoms with Crippen LogP contribution in [0.5, 0.6) is 5.88 Å². The first-order valence-electron chi connectivity index (χ1n) is 12.5. The van der Waals surface area contributed by atoms with E-state index in [-0.39, 0.29) is 47.0 Å². The van der Waals surface area contributed by atoms with Crippen molar-refractivity contribution >= 4 is 22.5 Å². The predicted octanol–water partition coefficient (Wildman–Crippen LogP) is 3.87. The monoisotopic (exact) mass is 513 g/mol. The number of anilines is 1. The van der Waals surface area contributed by atoms with E-state index in [0.717, 1.165) is 20.3 Å². The van der Waals surface area contributed by atoms with Crippen LogP contribution in [0.25, 0.3) is 27.7 Å². The van der Waals surface area contributed by atoms with Gasteiger partial charge in [-0.05, 0) is 38.0 Å². The maximum atomic E-state index is 15.3. The van der Waals surface area contributed by atoms with Crippen molar-refractivity contribution in [1.82, 2.24) is 34.5 Å². The molecule has 0 radical (unpaired) electrons. The first-order valence-corrected chi connectivity index (χ1v) is 11.0. The Morgan fingerprint density at radius 3 is 2.81 bits per heavy atom. The van der Waals surface area contributed by atoms with Crippen LogP contribution in [0.15, 0.2) is 24.4 Å². The summed E-state index contributed by atoms with van der Waals surface area (Å²) >= 11 is 0. The number of nitrogens with zero attached hydrogens (tertiary/aromatic N) is 7. The van der Waals surface area contributed by atoms with Gasteiger partial charge in [0.2, 0.25) is 11.8 Å². The highest BCUT2D eigenvalue weighted by Crippen LogP contribution is 2.36. The Hall–Kier alpha value is -3.55. The molecule has 3 aromatic heterocycles. The molecule has 0 saturated carbocycles. The van der Waals surface area contributed by atoms with Crippen molar-refractivity contribution in [2.75, 3.05) is 32.5 Å². The summed E-state index contributed by atoms with van der Waals surface area (Å²) in [6.45, 7) is -2.47. The lowest BCUT2D eigenvalue weighted by Gasteiger charge is -2.36. The van der Waals surface area contributed by atoms with Crippen molar-refractivity contribution in [3.8, 4) is 17.0 Å². The van der Waals surface area contributed by atoms with Crippen LogP contribution in [-0.2, 0) is 0 Å². The third kappa shape index (κ3) is 4.08. The molecule has 36 heavy (non-hydrogen) atoms. The molecule has 1 fully saturated rings. The summed E-state index contributed by atoms with van der Waals surface area (Å²) in [4.78, 5) is 4.87. The molecule has 4 aromatic rings. The van der Waals surface area contributed by atoms with Crippen LogP contribution in [0.3, 0.4) is 0 Å². The van der Waals surface area contributed by atoms with E-state index in [9.17, 15) is 17.6 Å². The van der Waals surface area contributed by atoms with Gasteiger partial charge in [0.25, 0.3) is 12.3 Å². The fourth-order valence-electron chi connectivity index (χ4n) is 4.27. The number of methoxy groups -OCH3 is 1. The normalized spacial score (nSPS) is 20.9. The SMILES string of the molecule is [2H]C([2H])([2H])N1CC[C@@H](Nc2nc(OC)c3c(-c4ccc5nnn([C@@H](C)C(F)F)c5c4)c(F)cn3n2)C(F)(F)C1. The number of likely N-dealkylation sites (tertiary alicyclic amines) is 1. The zero-order valence-corrected chi connectivity index (χ0v) is 19.1. The molecule has 14 heteroatoms. The molecule has 9 nitrogen and oxygen atoms in total. The van der Waals surface area contributed by atoms with E-state index >= 15 is 4.39 Å². The van der Waals surface area contributed by atoms with Gasteiger partial charge in [0.15, 0.2) is 5.82 Å². The van der Waals surface area contributed by atoms with E-state index in [1.165, 1.54) is 32.2 Å². The number of fused-ring (bicyclic) bond motifs is 2. The molecule has 0 unspecified atom stereocenters. The Balaban J connectivity index is 1.52. The minimum absolute atomic E-state index is 0.00550. The third-order valence-electron chi connectivity index (χ3n) is 6.16. The summed E-state index contributed by atoms with van der Waals surface area (Å²) in [6, 6.07) is 1.73. The van der Waals surface area contributed by atoms with E-state index in [0.29, 0.717) is 5.52 Å². The second kappa shape index (κ2) is 8.84. The third-order valence-corrected chi connectivity index (χ3v) is 6.16. The van der Waals surface area contributed by atoms with Crippen LogP contribution >= 0.6 is 0 Å². The van der Waals surface area contributed by atoms with E-state index in [1.807, 2.05) is 0 Å². The molecule has 5 rings (SSSR count). The summed E-state index contributed by atoms with van der Waals surface area (Å²) in [5.74, 6) is -4.59. The number of nitrogens with one attached hydrogen (secondary N) is 1. The Morgan fingerprint density at radius 2 is 2.11 bits per heavy atom. The first kappa shape index (κ1) is 20.6. The summed E-state index contributed by atoms with van der Waals surface area (Å²) in [7, 11) is 1.26. The molecule has 1 aliphatic rings. The molecule has 192 valence electrons. The number of ether oxygens (including phenoxy) is 1. The molecule has 0 amide bonds. The molecule has 0 spiro atoms. The van der Waals surface area contributed by atoms with Gasteiger partial charge in [-0.1, -0.05) is 11.3 Å². The standard InChI is InChI=1S/C22H23F5N8O/c1-11(19(24)25)35-15-8-12(4-5-14(15)30-32-35)17-13(23)9-34-18(17)20(36-3)29-21(31-34)28-16-6-7-33(2)10-22(16,26)27/h4-5,8-9,11,16,19H,6-7,10H2,1-3H3,(H,28,31)/t11-,16+/m0/s1/i2D3. The Bertz CT molecular complexity index is 1530. The lowest BCUT2D eigenvalue weighted by atomic mass is 10.0. The van der Waals surface area contributed by atoms with E-state index in [1.54, 1.807) is 0 Å². The molecule has 1 aliphatic heterocycles. The van der Waals surface area contributed by atoms with E-state index in [2.05, 4.69) is 25.7 Å². The van der Waals surface area contributed by atoms with Crippen LogP contribution in [0.2, 0.25) is 0 Å². The predicted molar refractivity (Wildman–Crippen MR) is 121 cm³/mol. The Labute approximate surface area is 206 Å². The van der Waals surface area contributed by atoms with Crippen LogP contribution in [0.1, 0.15) is 23.5 Å². The maximum absolute atomic E-state index is 15.3. The van der Waals surface area contributed by atoms with Crippen LogP contribution in [0.4, 0.5) is 27.9 Å². The highest BCUT2D eigenvalue weighted by Gasteiger charge is 2.44. The van der Waals surface area contributed by atoms with Crippen LogP contribution < -0.4 is 10.1 Å². The minimum atomic E-state index is -3.42. The van der Waals surface area contributed by atoms with Gasteiger partial charge in [-0.3, -0.25) is 0 Å². The number of hydrogen-bond donors (Lipinski definition) is 1. The van der Waals surface area contributed by atoms with Crippen LogP contribution in [0, 0.1) is 5.82 Å². The molecule has 1 saturated heterocycles. The fraction of sp³-hybridized carbons (Fsp3) is 0.455. The summed E-state index contributed by atoms with van der Waals surface area (Å²) in [6.07, 6.45) is -1.91. The number of rotatable bonds is 6. The number of halogens is 5. The van der Waals surface area contributed by atoms with Gasteiger partial charge in [-0.25, -0.2) is 31.1 Å². The summed E-state index contributed by atoms with van der Waals surface area (Å²) in [5, 5.41) is 14.3. The molecule has 1 aromatic carbocycles. The lowest BCUT2D eigenvalue weighted by Crippen LogP contribution is -2.53. The number of alkyl halides is 4. The van der Waals surface area contributed by atoms with Gasteiger partial charge >= 0.3 is 0 Å². The molecule has 0 aliphatic carbocycles. The van der Waals surface area contributed by atoms with Crippen molar-refractivity contribution in [2.24, 2.45) is 0 Å². The van der Waals surface area contributed by atoms with Gasteiger partial charge in [-0.15, -0.1) is 10.2 Å². The number of benzene rings is 1. The Morgan fingerprint density at radius 1 is 1.31 bits per heavy atom. The summed E-state index contributed by atoms with van der Waals surface area (Å²) < 4.78 is 101. The zero-order chi connectivity index (χ0) is 28.3. The highest BCUT2D eigenvalue weighted by atomic mass is 19.3. The number of piperidine rings is 1. The first-order chi connectivity index (χ1) is 18.3. The van der Waals surface area contributed by atoms with E-state index in [4.69, 9.17) is 8.85 Å². The topological polar surface area (TPSA) is 85.4 Å². The maximum Gasteiger partial charge on any atom is 0.280 e. The average Bonchev–Trinajstić information content (AvgIpc) is 3.43. The van der Waals surface area contributed by atoms with Gasteiger partial charge in [-0.2, -0.15) is 4.98 Å².